The topological polar surface area (TPSA) is 60.4 Å². The van der Waals surface area contributed by atoms with E-state index in [1.54, 1.807) is 6.92 Å². The molecule has 0 unspecified atom stereocenters. The van der Waals surface area contributed by atoms with Gasteiger partial charge in [-0.2, -0.15) is 0 Å². The highest BCUT2D eigenvalue weighted by Crippen LogP contribution is 1.97. The average Bonchev–Trinajstić information content (AvgIpc) is 2.13. The van der Waals surface area contributed by atoms with Gasteiger partial charge in [0, 0.05) is 12.8 Å². The molecule has 0 atom stereocenters. The zero-order valence-corrected chi connectivity index (χ0v) is 7.54. The maximum atomic E-state index is 10.9. The Morgan fingerprint density at radius 1 is 1.23 bits per heavy atom. The van der Waals surface area contributed by atoms with Crippen LogP contribution in [0.25, 0.3) is 0 Å². The lowest BCUT2D eigenvalue weighted by atomic mass is 10.1. The molecule has 0 amide bonds. The van der Waals surface area contributed by atoms with E-state index in [1.807, 2.05) is 0 Å². The number of ketones is 2. The minimum atomic E-state index is -0.549. The maximum Gasteiger partial charge on any atom is 0.311 e. The van der Waals surface area contributed by atoms with Crippen LogP contribution >= 0.6 is 0 Å². The average molecular weight is 184 g/mol. The van der Waals surface area contributed by atoms with Crippen molar-refractivity contribution in [1.82, 2.24) is 0 Å². The molecule has 0 bridgehead atoms. The van der Waals surface area contributed by atoms with E-state index in [1.165, 1.54) is 0 Å². The van der Waals surface area contributed by atoms with Crippen LogP contribution in [0.15, 0.2) is 12.8 Å². The van der Waals surface area contributed by atoms with Gasteiger partial charge in [-0.3, -0.25) is 14.4 Å². The summed E-state index contributed by atoms with van der Waals surface area (Å²) in [4.78, 5) is 32.4. The molecule has 0 aliphatic heterocycles. The first kappa shape index (κ1) is 11.6. The number of ether oxygens (including phenoxy) is 1. The van der Waals surface area contributed by atoms with Gasteiger partial charge in [0.2, 0.25) is 0 Å². The molecule has 0 aliphatic rings. The number of hydrogen-bond donors (Lipinski definition) is 0. The van der Waals surface area contributed by atoms with Crippen molar-refractivity contribution in [2.24, 2.45) is 0 Å². The Hall–Kier alpha value is -1.45. The summed E-state index contributed by atoms with van der Waals surface area (Å²) in [5, 5.41) is 0. The third-order valence-corrected chi connectivity index (χ3v) is 1.40. The Labute approximate surface area is 76.6 Å². The summed E-state index contributed by atoms with van der Waals surface area (Å²) in [5.41, 5.74) is 0. The molecule has 0 fully saturated rings. The summed E-state index contributed by atoms with van der Waals surface area (Å²) < 4.78 is 4.37. The van der Waals surface area contributed by atoms with Gasteiger partial charge in [-0.05, 0) is 0 Å². The number of carbonyl (C=O) groups is 3. The van der Waals surface area contributed by atoms with E-state index in [9.17, 15) is 14.4 Å². The first-order chi connectivity index (χ1) is 6.11. The number of carbonyl (C=O) groups excluding carboxylic acids is 3. The highest BCUT2D eigenvalue weighted by Gasteiger charge is 2.13. The molecule has 4 nitrogen and oxygen atoms in total. The van der Waals surface area contributed by atoms with Gasteiger partial charge in [0.05, 0.1) is 12.7 Å². The second-order valence-corrected chi connectivity index (χ2v) is 2.36. The van der Waals surface area contributed by atoms with E-state index in [0.717, 1.165) is 6.26 Å². The smallest absolute Gasteiger partial charge is 0.311 e. The minimum Gasteiger partial charge on any atom is -0.435 e. The second kappa shape index (κ2) is 6.11. The Morgan fingerprint density at radius 2 is 1.85 bits per heavy atom. The molecule has 4 heteroatoms. The van der Waals surface area contributed by atoms with Crippen molar-refractivity contribution in [3.8, 4) is 0 Å². The Balaban J connectivity index is 3.76. The third kappa shape index (κ3) is 4.90. The van der Waals surface area contributed by atoms with Crippen LogP contribution in [0.3, 0.4) is 0 Å². The molecule has 0 aromatic heterocycles. The SMILES string of the molecule is C=COC(=O)CCC(=O)C(=O)CC. The summed E-state index contributed by atoms with van der Waals surface area (Å²) in [6, 6.07) is 0. The van der Waals surface area contributed by atoms with Crippen molar-refractivity contribution in [1.29, 1.82) is 0 Å². The lowest BCUT2D eigenvalue weighted by Gasteiger charge is -1.97. The summed E-state index contributed by atoms with van der Waals surface area (Å²) in [7, 11) is 0. The van der Waals surface area contributed by atoms with Gasteiger partial charge in [-0.25, -0.2) is 0 Å². The Kier molecular flexibility index (Phi) is 5.43. The molecule has 0 spiro atoms. The summed E-state index contributed by atoms with van der Waals surface area (Å²) >= 11 is 0. The highest BCUT2D eigenvalue weighted by molar-refractivity contribution is 6.37. The van der Waals surface area contributed by atoms with Crippen molar-refractivity contribution < 1.29 is 19.1 Å². The fourth-order valence-electron chi connectivity index (χ4n) is 0.704. The van der Waals surface area contributed by atoms with Crippen molar-refractivity contribution in [2.75, 3.05) is 0 Å². The Morgan fingerprint density at radius 3 is 2.31 bits per heavy atom. The molecular weight excluding hydrogens is 172 g/mol. The molecular formula is C9H12O4. The van der Waals surface area contributed by atoms with Gasteiger partial charge in [0.1, 0.15) is 0 Å². The lowest BCUT2D eigenvalue weighted by molar-refractivity contribution is -0.141. The first-order valence-electron chi connectivity index (χ1n) is 3.98. The van der Waals surface area contributed by atoms with Crippen molar-refractivity contribution in [3.05, 3.63) is 12.8 Å². The second-order valence-electron chi connectivity index (χ2n) is 2.36. The predicted octanol–water partition coefficient (Wildman–Crippen LogP) is 1.00. The highest BCUT2D eigenvalue weighted by atomic mass is 16.5. The molecule has 0 N–H and O–H groups in total. The molecule has 0 aromatic carbocycles. The van der Waals surface area contributed by atoms with Crippen LogP contribution in [0.4, 0.5) is 0 Å². The van der Waals surface area contributed by atoms with Crippen LogP contribution in [-0.4, -0.2) is 17.5 Å². The summed E-state index contributed by atoms with van der Waals surface area (Å²) in [5.74, 6) is -1.53. The van der Waals surface area contributed by atoms with E-state index < -0.39 is 17.5 Å². The van der Waals surface area contributed by atoms with E-state index in [2.05, 4.69) is 11.3 Å². The first-order valence-corrected chi connectivity index (χ1v) is 3.98. The third-order valence-electron chi connectivity index (χ3n) is 1.40. The Bertz CT molecular complexity index is 230. The molecule has 0 rings (SSSR count). The molecule has 0 aromatic rings. The number of Topliss-reactive ketones (excluding diaryl/α,β-unsaturated/α-hetero) is 2. The zero-order valence-electron chi connectivity index (χ0n) is 7.54. The van der Waals surface area contributed by atoms with Crippen LogP contribution in [0.2, 0.25) is 0 Å². The van der Waals surface area contributed by atoms with Crippen LogP contribution in [0, 0.1) is 0 Å². The fourth-order valence-corrected chi connectivity index (χ4v) is 0.704. The molecule has 0 saturated heterocycles. The predicted molar refractivity (Wildman–Crippen MR) is 45.8 cm³/mol. The standard InChI is InChI=1S/C9H12O4/c1-3-7(10)8(11)5-6-9(12)13-4-2/h4H,2-3,5-6H2,1H3. The molecule has 0 radical (unpaired) electrons. The van der Waals surface area contributed by atoms with Crippen LogP contribution in [-0.2, 0) is 19.1 Å². The van der Waals surface area contributed by atoms with Crippen molar-refractivity contribution in [3.63, 3.8) is 0 Å². The van der Waals surface area contributed by atoms with E-state index >= 15 is 0 Å². The van der Waals surface area contributed by atoms with E-state index in [-0.39, 0.29) is 19.3 Å². The van der Waals surface area contributed by atoms with Gasteiger partial charge < -0.3 is 4.74 Å². The van der Waals surface area contributed by atoms with Crippen LogP contribution in [0.5, 0.6) is 0 Å². The van der Waals surface area contributed by atoms with Crippen molar-refractivity contribution >= 4 is 17.5 Å². The lowest BCUT2D eigenvalue weighted by Crippen LogP contribution is -2.14. The van der Waals surface area contributed by atoms with Gasteiger partial charge in [-0.15, -0.1) is 0 Å². The molecule has 0 saturated carbocycles. The van der Waals surface area contributed by atoms with E-state index in [0.29, 0.717) is 0 Å². The van der Waals surface area contributed by atoms with Crippen LogP contribution in [0.1, 0.15) is 26.2 Å². The quantitative estimate of drug-likeness (QED) is 0.351. The van der Waals surface area contributed by atoms with Gasteiger partial charge >= 0.3 is 5.97 Å². The van der Waals surface area contributed by atoms with E-state index in [4.69, 9.17) is 0 Å². The number of esters is 1. The minimum absolute atomic E-state index is 0.0728. The summed E-state index contributed by atoms with van der Waals surface area (Å²) in [6.07, 6.45) is 1.01. The van der Waals surface area contributed by atoms with Gasteiger partial charge in [0.25, 0.3) is 0 Å². The van der Waals surface area contributed by atoms with Gasteiger partial charge in [0.15, 0.2) is 11.6 Å². The number of rotatable bonds is 6. The van der Waals surface area contributed by atoms with Crippen LogP contribution < -0.4 is 0 Å². The summed E-state index contributed by atoms with van der Waals surface area (Å²) in [6.45, 7) is 4.78. The number of hydrogen-bond acceptors (Lipinski definition) is 4. The largest absolute Gasteiger partial charge is 0.435 e. The maximum absolute atomic E-state index is 10.9. The van der Waals surface area contributed by atoms with Crippen molar-refractivity contribution in [2.45, 2.75) is 26.2 Å². The molecule has 13 heavy (non-hydrogen) atoms. The van der Waals surface area contributed by atoms with Gasteiger partial charge in [-0.1, -0.05) is 13.5 Å². The monoisotopic (exact) mass is 184 g/mol. The molecule has 72 valence electrons. The molecule has 0 aliphatic carbocycles. The molecule has 0 heterocycles. The fraction of sp³-hybridized carbons (Fsp3) is 0.444. The normalized spacial score (nSPS) is 9.00. The zero-order chi connectivity index (χ0) is 10.3.